The average molecular weight is 301 g/mol. The van der Waals surface area contributed by atoms with Gasteiger partial charge in [0.15, 0.2) is 0 Å². The number of nitrogens with one attached hydrogen (secondary N) is 1. The van der Waals surface area contributed by atoms with Gasteiger partial charge in [-0.3, -0.25) is 4.79 Å². The summed E-state index contributed by atoms with van der Waals surface area (Å²) in [5.41, 5.74) is 6.24. The number of anilines is 1. The third-order valence-electron chi connectivity index (χ3n) is 3.76. The van der Waals surface area contributed by atoms with Gasteiger partial charge < -0.3 is 11.1 Å². The van der Waals surface area contributed by atoms with Crippen LogP contribution < -0.4 is 11.1 Å². The Balaban J connectivity index is 1.96. The highest BCUT2D eigenvalue weighted by molar-refractivity contribution is 6.43. The van der Waals surface area contributed by atoms with Crippen molar-refractivity contribution >= 4 is 34.8 Å². The molecule has 0 heterocycles. The minimum Gasteiger partial charge on any atom is -0.330 e. The fourth-order valence-corrected chi connectivity index (χ4v) is 2.84. The second-order valence-electron chi connectivity index (χ2n) is 5.04. The molecule has 19 heavy (non-hydrogen) atoms. The van der Waals surface area contributed by atoms with E-state index in [9.17, 15) is 4.79 Å². The maximum absolute atomic E-state index is 12.2. The van der Waals surface area contributed by atoms with E-state index >= 15 is 0 Å². The Hall–Kier alpha value is -0.770. The van der Waals surface area contributed by atoms with Crippen LogP contribution in [0.4, 0.5) is 5.69 Å². The molecule has 3 nitrogen and oxygen atoms in total. The van der Waals surface area contributed by atoms with Gasteiger partial charge in [-0.15, -0.1) is 0 Å². The van der Waals surface area contributed by atoms with Gasteiger partial charge in [0.2, 0.25) is 5.91 Å². The van der Waals surface area contributed by atoms with Gasteiger partial charge in [0.25, 0.3) is 0 Å². The molecular weight excluding hydrogens is 283 g/mol. The third-order valence-corrected chi connectivity index (χ3v) is 4.58. The zero-order valence-electron chi connectivity index (χ0n) is 10.7. The molecule has 0 atom stereocenters. The van der Waals surface area contributed by atoms with Crippen LogP contribution in [0.2, 0.25) is 10.0 Å². The van der Waals surface area contributed by atoms with E-state index in [4.69, 9.17) is 28.9 Å². The van der Waals surface area contributed by atoms with Gasteiger partial charge in [-0.1, -0.05) is 29.3 Å². The lowest BCUT2D eigenvalue weighted by Crippen LogP contribution is -2.29. The molecule has 2 rings (SSSR count). The van der Waals surface area contributed by atoms with Gasteiger partial charge >= 0.3 is 0 Å². The zero-order valence-corrected chi connectivity index (χ0v) is 12.2. The van der Waals surface area contributed by atoms with Crippen LogP contribution in [0, 0.1) is 11.8 Å². The first kappa shape index (κ1) is 14.6. The number of hydrogen-bond donors (Lipinski definition) is 2. The standard InChI is InChI=1S/C14H18Cl2N2O/c15-11-2-1-3-12(13(11)16)18-14(19)10-6-4-9(8-17)5-7-10/h1-3,9-10H,4-8,17H2,(H,18,19). The lowest BCUT2D eigenvalue weighted by Gasteiger charge is -2.26. The molecule has 0 unspecified atom stereocenters. The summed E-state index contributed by atoms with van der Waals surface area (Å²) in [4.78, 5) is 12.2. The Morgan fingerprint density at radius 1 is 1.26 bits per heavy atom. The van der Waals surface area contributed by atoms with Crippen LogP contribution in [0.25, 0.3) is 0 Å². The molecule has 0 saturated heterocycles. The molecular formula is C14H18Cl2N2O. The number of halogens is 2. The lowest BCUT2D eigenvalue weighted by atomic mass is 9.81. The number of hydrogen-bond acceptors (Lipinski definition) is 2. The third kappa shape index (κ3) is 3.62. The second-order valence-corrected chi connectivity index (χ2v) is 5.83. The van der Waals surface area contributed by atoms with Crippen molar-refractivity contribution in [3.05, 3.63) is 28.2 Å². The smallest absolute Gasteiger partial charge is 0.227 e. The first-order chi connectivity index (χ1) is 9.11. The van der Waals surface area contributed by atoms with Crippen LogP contribution in [-0.2, 0) is 4.79 Å². The number of benzene rings is 1. The van der Waals surface area contributed by atoms with Gasteiger partial charge in [-0.2, -0.15) is 0 Å². The van der Waals surface area contributed by atoms with E-state index in [1.165, 1.54) is 0 Å². The molecule has 1 saturated carbocycles. The van der Waals surface area contributed by atoms with Gasteiger partial charge in [0.1, 0.15) is 0 Å². The van der Waals surface area contributed by atoms with Crippen molar-refractivity contribution in [2.24, 2.45) is 17.6 Å². The lowest BCUT2D eigenvalue weighted by molar-refractivity contribution is -0.121. The van der Waals surface area contributed by atoms with E-state index in [-0.39, 0.29) is 11.8 Å². The molecule has 104 valence electrons. The quantitative estimate of drug-likeness (QED) is 0.894. The number of carbonyl (C=O) groups excluding carboxylic acids is 1. The van der Waals surface area contributed by atoms with E-state index in [2.05, 4.69) is 5.32 Å². The molecule has 1 aromatic rings. The molecule has 0 aliphatic heterocycles. The number of carbonyl (C=O) groups is 1. The van der Waals surface area contributed by atoms with Crippen LogP contribution in [0.5, 0.6) is 0 Å². The number of amides is 1. The Morgan fingerprint density at radius 2 is 1.95 bits per heavy atom. The maximum Gasteiger partial charge on any atom is 0.227 e. The Labute approximate surface area is 123 Å². The fraction of sp³-hybridized carbons (Fsp3) is 0.500. The Kier molecular flexibility index (Phi) is 5.08. The molecule has 3 N–H and O–H groups in total. The van der Waals surface area contributed by atoms with Crippen molar-refractivity contribution in [2.45, 2.75) is 25.7 Å². The predicted molar refractivity (Wildman–Crippen MR) is 79.6 cm³/mol. The summed E-state index contributed by atoms with van der Waals surface area (Å²) in [6.07, 6.45) is 3.84. The van der Waals surface area contributed by atoms with Crippen LogP contribution >= 0.6 is 23.2 Å². The van der Waals surface area contributed by atoms with Gasteiger partial charge in [0.05, 0.1) is 15.7 Å². The summed E-state index contributed by atoms with van der Waals surface area (Å²) >= 11 is 12.0. The van der Waals surface area contributed by atoms with Crippen LogP contribution in [0.15, 0.2) is 18.2 Å². The Morgan fingerprint density at radius 3 is 2.58 bits per heavy atom. The van der Waals surface area contributed by atoms with Crippen LogP contribution in [0.1, 0.15) is 25.7 Å². The van der Waals surface area contributed by atoms with Crippen LogP contribution in [0.3, 0.4) is 0 Å². The largest absolute Gasteiger partial charge is 0.330 e. The molecule has 0 radical (unpaired) electrons. The predicted octanol–water partition coefficient (Wildman–Crippen LogP) is 3.70. The highest BCUT2D eigenvalue weighted by atomic mass is 35.5. The van der Waals surface area contributed by atoms with Crippen LogP contribution in [-0.4, -0.2) is 12.5 Å². The monoisotopic (exact) mass is 300 g/mol. The van der Waals surface area contributed by atoms with Crippen molar-refractivity contribution in [1.82, 2.24) is 0 Å². The van der Waals surface area contributed by atoms with Crippen molar-refractivity contribution in [3.8, 4) is 0 Å². The minimum absolute atomic E-state index is 0.0274. The molecule has 0 bridgehead atoms. The van der Waals surface area contributed by atoms with Crippen molar-refractivity contribution in [3.63, 3.8) is 0 Å². The van der Waals surface area contributed by atoms with E-state index < -0.39 is 0 Å². The van der Waals surface area contributed by atoms with E-state index in [1.807, 2.05) is 0 Å². The van der Waals surface area contributed by atoms with Crippen molar-refractivity contribution < 1.29 is 4.79 Å². The Bertz CT molecular complexity index is 457. The normalized spacial score (nSPS) is 23.1. The summed E-state index contributed by atoms with van der Waals surface area (Å²) in [5, 5.41) is 3.71. The second kappa shape index (κ2) is 6.60. The average Bonchev–Trinajstić information content (AvgIpc) is 2.44. The molecule has 0 aromatic heterocycles. The maximum atomic E-state index is 12.2. The zero-order chi connectivity index (χ0) is 13.8. The highest BCUT2D eigenvalue weighted by Crippen LogP contribution is 2.32. The topological polar surface area (TPSA) is 55.1 Å². The van der Waals surface area contributed by atoms with E-state index in [0.717, 1.165) is 25.7 Å². The van der Waals surface area contributed by atoms with E-state index in [0.29, 0.717) is 28.2 Å². The number of rotatable bonds is 3. The molecule has 5 heteroatoms. The number of nitrogens with two attached hydrogens (primary N) is 1. The molecule has 1 aliphatic carbocycles. The van der Waals surface area contributed by atoms with E-state index in [1.54, 1.807) is 18.2 Å². The summed E-state index contributed by atoms with van der Waals surface area (Å²) in [7, 11) is 0. The summed E-state index contributed by atoms with van der Waals surface area (Å²) in [6.45, 7) is 0.717. The fourth-order valence-electron chi connectivity index (χ4n) is 2.50. The SMILES string of the molecule is NCC1CCC(C(=O)Nc2cccc(Cl)c2Cl)CC1. The van der Waals surface area contributed by atoms with Gasteiger partial charge in [-0.25, -0.2) is 0 Å². The van der Waals surface area contributed by atoms with Crippen molar-refractivity contribution in [2.75, 3.05) is 11.9 Å². The summed E-state index contributed by atoms with van der Waals surface area (Å²) in [5.74, 6) is 0.649. The summed E-state index contributed by atoms with van der Waals surface area (Å²) in [6, 6.07) is 5.23. The molecule has 1 aromatic carbocycles. The highest BCUT2D eigenvalue weighted by Gasteiger charge is 2.26. The van der Waals surface area contributed by atoms with Gasteiger partial charge in [-0.05, 0) is 50.3 Å². The first-order valence-electron chi connectivity index (χ1n) is 6.56. The first-order valence-corrected chi connectivity index (χ1v) is 7.32. The van der Waals surface area contributed by atoms with Gasteiger partial charge in [0, 0.05) is 5.92 Å². The van der Waals surface area contributed by atoms with Crippen molar-refractivity contribution in [1.29, 1.82) is 0 Å². The minimum atomic E-state index is 0.0274. The molecule has 0 spiro atoms. The molecule has 1 amide bonds. The summed E-state index contributed by atoms with van der Waals surface area (Å²) < 4.78 is 0. The molecule has 1 fully saturated rings. The molecule has 1 aliphatic rings.